The van der Waals surface area contributed by atoms with E-state index in [0.717, 1.165) is 55.2 Å². The number of rotatable bonds is 7. The number of methoxy groups -OCH3 is 1. The first kappa shape index (κ1) is 21.3. The predicted octanol–water partition coefficient (Wildman–Crippen LogP) is 2.55. The van der Waals surface area contributed by atoms with Gasteiger partial charge in [0.25, 0.3) is 5.91 Å². The van der Waals surface area contributed by atoms with E-state index in [4.69, 9.17) is 9.15 Å². The van der Waals surface area contributed by atoms with Gasteiger partial charge in [0, 0.05) is 51.3 Å². The molecule has 9 heteroatoms. The predicted molar refractivity (Wildman–Crippen MR) is 121 cm³/mol. The maximum Gasteiger partial charge on any atom is 0.287 e. The van der Waals surface area contributed by atoms with Crippen molar-refractivity contribution in [2.75, 3.05) is 20.2 Å². The van der Waals surface area contributed by atoms with Crippen molar-refractivity contribution in [2.24, 2.45) is 0 Å². The third-order valence-corrected chi connectivity index (χ3v) is 5.85. The Balaban J connectivity index is 1.20. The van der Waals surface area contributed by atoms with Crippen molar-refractivity contribution in [3.05, 3.63) is 77.4 Å². The molecule has 170 valence electrons. The summed E-state index contributed by atoms with van der Waals surface area (Å²) in [4.78, 5) is 19.3. The van der Waals surface area contributed by atoms with Crippen molar-refractivity contribution in [3.63, 3.8) is 0 Å². The number of benzene rings is 1. The quantitative estimate of drug-likeness (QED) is 0.466. The zero-order valence-electron chi connectivity index (χ0n) is 18.5. The summed E-state index contributed by atoms with van der Waals surface area (Å²) >= 11 is 0. The summed E-state index contributed by atoms with van der Waals surface area (Å²) in [6, 6.07) is 13.9. The van der Waals surface area contributed by atoms with Crippen molar-refractivity contribution in [2.45, 2.75) is 32.7 Å². The average Bonchev–Trinajstić information content (AvgIpc) is 3.41. The normalized spacial score (nSPS) is 14.2. The molecule has 4 aromatic rings. The van der Waals surface area contributed by atoms with Gasteiger partial charge in [-0.25, -0.2) is 0 Å². The van der Waals surface area contributed by atoms with E-state index in [-0.39, 0.29) is 11.7 Å². The van der Waals surface area contributed by atoms with Gasteiger partial charge >= 0.3 is 0 Å². The van der Waals surface area contributed by atoms with E-state index in [9.17, 15) is 4.79 Å². The molecule has 0 radical (unpaired) electrons. The summed E-state index contributed by atoms with van der Waals surface area (Å²) in [6.07, 6.45) is 2.64. The Hall–Kier alpha value is -3.56. The number of carbonyl (C=O) groups excluding carboxylic acids is 1. The van der Waals surface area contributed by atoms with Crippen molar-refractivity contribution in [1.29, 1.82) is 0 Å². The van der Waals surface area contributed by atoms with E-state index in [1.807, 2.05) is 12.3 Å². The second-order valence-corrected chi connectivity index (χ2v) is 8.12. The lowest BCUT2D eigenvalue weighted by atomic mass is 10.1. The highest BCUT2D eigenvalue weighted by Gasteiger charge is 2.20. The molecule has 3 aromatic heterocycles. The van der Waals surface area contributed by atoms with Gasteiger partial charge in [-0.1, -0.05) is 18.2 Å². The smallest absolute Gasteiger partial charge is 0.287 e. The molecule has 4 heterocycles. The van der Waals surface area contributed by atoms with E-state index >= 15 is 0 Å². The molecule has 1 aliphatic rings. The molecule has 0 unspecified atom stereocenters. The molecule has 0 aliphatic carbocycles. The fraction of sp³-hybridized carbons (Fsp3) is 0.333. The number of hydrogen-bond donors (Lipinski definition) is 1. The topological polar surface area (TPSA) is 98.3 Å². The van der Waals surface area contributed by atoms with Crippen LogP contribution in [-0.2, 0) is 37.4 Å². The summed E-state index contributed by atoms with van der Waals surface area (Å²) in [5.41, 5.74) is 2.27. The molecule has 0 atom stereocenters. The number of ether oxygens (including phenoxy) is 1. The maximum absolute atomic E-state index is 12.4. The van der Waals surface area contributed by atoms with E-state index in [1.54, 1.807) is 19.2 Å². The fourth-order valence-electron chi connectivity index (χ4n) is 4.15. The molecular formula is C24H26N6O3. The summed E-state index contributed by atoms with van der Waals surface area (Å²) in [5.74, 6) is 2.28. The summed E-state index contributed by atoms with van der Waals surface area (Å²) in [7, 11) is 1.58. The van der Waals surface area contributed by atoms with E-state index in [1.165, 1.54) is 5.56 Å². The lowest BCUT2D eigenvalue weighted by molar-refractivity contribution is 0.0913. The van der Waals surface area contributed by atoms with Crippen molar-refractivity contribution in [1.82, 2.24) is 30.0 Å². The summed E-state index contributed by atoms with van der Waals surface area (Å²) < 4.78 is 12.6. The van der Waals surface area contributed by atoms with Crippen LogP contribution in [0.3, 0.4) is 0 Å². The largest absolute Gasteiger partial charge is 0.453 e. The minimum absolute atomic E-state index is 0.258. The Morgan fingerprint density at radius 3 is 3.00 bits per heavy atom. The van der Waals surface area contributed by atoms with E-state index < -0.39 is 0 Å². The third kappa shape index (κ3) is 4.79. The number of nitrogens with zero attached hydrogens (tertiary/aromatic N) is 5. The Bertz CT molecular complexity index is 1260. The molecule has 1 aliphatic heterocycles. The summed E-state index contributed by atoms with van der Waals surface area (Å²) in [6.45, 7) is 4.04. The van der Waals surface area contributed by atoms with Gasteiger partial charge < -0.3 is 19.0 Å². The number of amides is 1. The number of nitrogens with one attached hydrogen (secondary N) is 1. The van der Waals surface area contributed by atoms with Crippen LogP contribution in [0.2, 0.25) is 0 Å². The van der Waals surface area contributed by atoms with Crippen molar-refractivity contribution in [3.8, 4) is 0 Å². The van der Waals surface area contributed by atoms with Gasteiger partial charge in [-0.2, -0.15) is 0 Å². The van der Waals surface area contributed by atoms with Crippen LogP contribution in [0.4, 0.5) is 0 Å². The van der Waals surface area contributed by atoms with Gasteiger partial charge in [0.2, 0.25) is 0 Å². The van der Waals surface area contributed by atoms with Crippen LogP contribution in [0.25, 0.3) is 10.9 Å². The van der Waals surface area contributed by atoms with Gasteiger partial charge in [-0.05, 0) is 29.8 Å². The van der Waals surface area contributed by atoms with Crippen LogP contribution in [0.15, 0.2) is 53.1 Å². The van der Waals surface area contributed by atoms with E-state index in [0.29, 0.717) is 18.9 Å². The van der Waals surface area contributed by atoms with Gasteiger partial charge in [0.05, 0.1) is 12.1 Å². The minimum Gasteiger partial charge on any atom is -0.453 e. The maximum atomic E-state index is 12.4. The lowest BCUT2D eigenvalue weighted by Gasteiger charge is -2.20. The van der Waals surface area contributed by atoms with Gasteiger partial charge in [-0.3, -0.25) is 14.7 Å². The molecule has 0 bridgehead atoms. The first-order valence-corrected chi connectivity index (χ1v) is 11.0. The Morgan fingerprint density at radius 1 is 1.15 bits per heavy atom. The highest BCUT2D eigenvalue weighted by atomic mass is 16.5. The molecule has 5 rings (SSSR count). The van der Waals surface area contributed by atoms with Crippen LogP contribution < -0.4 is 5.32 Å². The van der Waals surface area contributed by atoms with Crippen molar-refractivity contribution < 1.29 is 13.9 Å². The first-order chi connectivity index (χ1) is 16.2. The molecule has 0 saturated carbocycles. The van der Waals surface area contributed by atoms with Crippen LogP contribution in [0, 0.1) is 0 Å². The molecule has 1 N–H and O–H groups in total. The highest BCUT2D eigenvalue weighted by molar-refractivity contribution is 5.91. The molecule has 0 fully saturated rings. The van der Waals surface area contributed by atoms with Gasteiger partial charge in [-0.15, -0.1) is 10.2 Å². The molecule has 0 saturated heterocycles. The zero-order valence-corrected chi connectivity index (χ0v) is 18.5. The minimum atomic E-state index is -0.283. The second-order valence-electron chi connectivity index (χ2n) is 8.12. The molecule has 0 spiro atoms. The van der Waals surface area contributed by atoms with Crippen LogP contribution in [0.1, 0.15) is 33.5 Å². The molecular weight excluding hydrogens is 420 g/mol. The van der Waals surface area contributed by atoms with Crippen LogP contribution >= 0.6 is 0 Å². The molecule has 9 nitrogen and oxygen atoms in total. The standard InChI is InChI=1S/C24H26N6O3/c1-32-16-19-6-7-21(33-19)24(31)26-14-23-28-27-22-8-10-29(11-12-30(22)23)15-17-4-5-18-3-2-9-25-20(18)13-17/h2-7,9,13H,8,10-12,14-16H2,1H3,(H,26,31). The molecule has 1 amide bonds. The van der Waals surface area contributed by atoms with Crippen LogP contribution in [0.5, 0.6) is 0 Å². The Labute approximate surface area is 191 Å². The summed E-state index contributed by atoms with van der Waals surface area (Å²) in [5, 5.41) is 12.7. The van der Waals surface area contributed by atoms with Gasteiger partial charge in [0.15, 0.2) is 11.6 Å². The zero-order chi connectivity index (χ0) is 22.6. The molecule has 1 aromatic carbocycles. The number of fused-ring (bicyclic) bond motifs is 2. The van der Waals surface area contributed by atoms with Crippen molar-refractivity contribution >= 4 is 16.8 Å². The number of hydrogen-bond acceptors (Lipinski definition) is 7. The SMILES string of the molecule is COCc1ccc(C(=O)NCc2nnc3n2CCN(Cc2ccc4cccnc4c2)CC3)o1. The number of carbonyl (C=O) groups is 1. The highest BCUT2D eigenvalue weighted by Crippen LogP contribution is 2.17. The van der Waals surface area contributed by atoms with Crippen LogP contribution in [-0.4, -0.2) is 50.8 Å². The first-order valence-electron chi connectivity index (χ1n) is 11.0. The number of pyridine rings is 1. The molecule has 33 heavy (non-hydrogen) atoms. The average molecular weight is 447 g/mol. The van der Waals surface area contributed by atoms with E-state index in [2.05, 4.69) is 54.2 Å². The van der Waals surface area contributed by atoms with Gasteiger partial charge in [0.1, 0.15) is 18.2 Å². The monoisotopic (exact) mass is 446 g/mol. The number of furan rings is 1. The fourth-order valence-corrected chi connectivity index (χ4v) is 4.15. The lowest BCUT2D eigenvalue weighted by Crippen LogP contribution is -2.28. The Kier molecular flexibility index (Phi) is 6.14. The second kappa shape index (κ2) is 9.51. The Morgan fingerprint density at radius 2 is 2.09 bits per heavy atom. The third-order valence-electron chi connectivity index (χ3n) is 5.85. The number of aromatic nitrogens is 4.